The number of alkyl carbamates (subject to hydrolysis) is 1. The largest absolute Gasteiger partial charge is 0.444 e. The van der Waals surface area contributed by atoms with Gasteiger partial charge in [-0.05, 0) is 59.3 Å². The minimum absolute atomic E-state index is 0.199. The van der Waals surface area contributed by atoms with Gasteiger partial charge in [0.05, 0.1) is 11.5 Å². The molecule has 0 aromatic rings. The van der Waals surface area contributed by atoms with Crippen molar-refractivity contribution < 1.29 is 17.9 Å². The predicted molar refractivity (Wildman–Crippen MR) is 90.2 cm³/mol. The molecule has 1 saturated heterocycles. The van der Waals surface area contributed by atoms with E-state index in [0.29, 0.717) is 25.3 Å². The molecule has 2 fully saturated rings. The number of sulfone groups is 1. The van der Waals surface area contributed by atoms with Gasteiger partial charge in [0.15, 0.2) is 0 Å². The van der Waals surface area contributed by atoms with Gasteiger partial charge in [0.2, 0.25) is 0 Å². The smallest absolute Gasteiger partial charge is 0.407 e. The molecule has 1 aliphatic carbocycles. The molecule has 1 atom stereocenters. The van der Waals surface area contributed by atoms with Crippen LogP contribution in [0.3, 0.4) is 0 Å². The summed E-state index contributed by atoms with van der Waals surface area (Å²) in [6, 6.07) is 0.199. The Labute approximate surface area is 139 Å². The summed E-state index contributed by atoms with van der Waals surface area (Å²) in [6.07, 6.45) is 3.18. The van der Waals surface area contributed by atoms with E-state index in [2.05, 4.69) is 17.6 Å². The molecular formula is C16H30N2O4S. The summed E-state index contributed by atoms with van der Waals surface area (Å²) in [5, 5.41) is 6.48. The lowest BCUT2D eigenvalue weighted by molar-refractivity contribution is 0.0505. The second-order valence-electron chi connectivity index (χ2n) is 8.12. The van der Waals surface area contributed by atoms with Gasteiger partial charge in [-0.15, -0.1) is 0 Å². The Bertz CT molecular complexity index is 523. The molecule has 0 spiro atoms. The summed E-state index contributed by atoms with van der Waals surface area (Å²) in [4.78, 5) is 11.9. The van der Waals surface area contributed by atoms with Crippen molar-refractivity contribution in [2.45, 2.75) is 70.6 Å². The Morgan fingerprint density at radius 1 is 1.09 bits per heavy atom. The van der Waals surface area contributed by atoms with E-state index in [0.717, 1.165) is 12.8 Å². The molecule has 1 aliphatic heterocycles. The van der Waals surface area contributed by atoms with E-state index in [1.165, 1.54) is 0 Å². The Kier molecular flexibility index (Phi) is 5.31. The monoisotopic (exact) mass is 346 g/mol. The van der Waals surface area contributed by atoms with Crippen LogP contribution in [0.1, 0.15) is 53.4 Å². The molecule has 0 bridgehead atoms. The van der Waals surface area contributed by atoms with Crippen LogP contribution in [0.5, 0.6) is 0 Å². The zero-order chi connectivity index (χ0) is 17.3. The number of nitrogens with one attached hydrogen (secondary N) is 2. The lowest BCUT2D eigenvalue weighted by atomic mass is 9.93. The van der Waals surface area contributed by atoms with Gasteiger partial charge >= 0.3 is 6.09 Å². The minimum Gasteiger partial charge on any atom is -0.444 e. The lowest BCUT2D eigenvalue weighted by Crippen LogP contribution is -2.58. The van der Waals surface area contributed by atoms with Crippen LogP contribution in [0.15, 0.2) is 0 Å². The van der Waals surface area contributed by atoms with Crippen molar-refractivity contribution in [1.29, 1.82) is 0 Å². The molecule has 23 heavy (non-hydrogen) atoms. The second-order valence-corrected chi connectivity index (χ2v) is 10.4. The zero-order valence-corrected chi connectivity index (χ0v) is 15.5. The Morgan fingerprint density at radius 3 is 2.13 bits per heavy atom. The van der Waals surface area contributed by atoms with Crippen LogP contribution in [0.4, 0.5) is 4.79 Å². The third kappa shape index (κ3) is 5.95. The fraction of sp³-hybridized carbons (Fsp3) is 0.938. The van der Waals surface area contributed by atoms with Crippen LogP contribution in [-0.4, -0.2) is 49.7 Å². The van der Waals surface area contributed by atoms with Gasteiger partial charge < -0.3 is 15.4 Å². The quantitative estimate of drug-likeness (QED) is 0.793. The van der Waals surface area contributed by atoms with Crippen molar-refractivity contribution in [3.05, 3.63) is 0 Å². The van der Waals surface area contributed by atoms with Crippen molar-refractivity contribution in [2.75, 3.05) is 18.1 Å². The van der Waals surface area contributed by atoms with Crippen molar-refractivity contribution in [2.24, 2.45) is 5.92 Å². The number of hydrogen-bond donors (Lipinski definition) is 2. The molecule has 0 aromatic heterocycles. The van der Waals surface area contributed by atoms with Crippen LogP contribution >= 0.6 is 0 Å². The second kappa shape index (κ2) is 6.59. The molecule has 1 unspecified atom stereocenters. The first-order valence-corrected chi connectivity index (χ1v) is 10.3. The summed E-state index contributed by atoms with van der Waals surface area (Å²) in [5.74, 6) is 1.03. The summed E-state index contributed by atoms with van der Waals surface area (Å²) in [5.41, 5.74) is -0.714. The van der Waals surface area contributed by atoms with Crippen molar-refractivity contribution in [1.82, 2.24) is 10.6 Å². The maximum atomic E-state index is 11.9. The van der Waals surface area contributed by atoms with Crippen LogP contribution in [0.25, 0.3) is 0 Å². The highest BCUT2D eigenvalue weighted by Gasteiger charge is 2.43. The fourth-order valence-electron chi connectivity index (χ4n) is 3.10. The highest BCUT2D eigenvalue weighted by atomic mass is 32.2. The summed E-state index contributed by atoms with van der Waals surface area (Å²) >= 11 is 0. The molecule has 2 N–H and O–H groups in total. The Hall–Kier alpha value is -0.820. The van der Waals surface area contributed by atoms with Gasteiger partial charge in [-0.1, -0.05) is 0 Å². The molecule has 134 valence electrons. The molecule has 1 amide bonds. The Balaban J connectivity index is 1.88. The minimum atomic E-state index is -2.85. The highest BCUT2D eigenvalue weighted by Crippen LogP contribution is 2.40. The maximum Gasteiger partial charge on any atom is 0.407 e. The average Bonchev–Trinajstić information content (AvgIpc) is 3.22. The van der Waals surface area contributed by atoms with E-state index in [4.69, 9.17) is 4.74 Å². The van der Waals surface area contributed by atoms with E-state index in [-0.39, 0.29) is 23.1 Å². The van der Waals surface area contributed by atoms with Gasteiger partial charge in [0.1, 0.15) is 15.4 Å². The number of ether oxygens (including phenoxy) is 1. The van der Waals surface area contributed by atoms with Crippen LogP contribution < -0.4 is 10.6 Å². The number of carbonyl (C=O) groups is 1. The average molecular weight is 346 g/mol. The first-order valence-electron chi connectivity index (χ1n) is 8.44. The van der Waals surface area contributed by atoms with Crippen molar-refractivity contribution >= 4 is 15.9 Å². The first-order chi connectivity index (χ1) is 10.5. The zero-order valence-electron chi connectivity index (χ0n) is 14.6. The van der Waals surface area contributed by atoms with E-state index in [1.807, 2.05) is 20.8 Å². The Morgan fingerprint density at radius 2 is 1.65 bits per heavy atom. The van der Waals surface area contributed by atoms with Gasteiger partial charge in [-0.2, -0.15) is 0 Å². The molecule has 2 rings (SSSR count). The van der Waals surface area contributed by atoms with Crippen molar-refractivity contribution in [3.63, 3.8) is 0 Å². The fourth-order valence-corrected chi connectivity index (χ4v) is 4.60. The summed E-state index contributed by atoms with van der Waals surface area (Å²) in [6.45, 7) is 8.13. The van der Waals surface area contributed by atoms with Gasteiger partial charge in [-0.25, -0.2) is 13.2 Å². The van der Waals surface area contributed by atoms with E-state index in [9.17, 15) is 13.2 Å². The van der Waals surface area contributed by atoms with E-state index >= 15 is 0 Å². The highest BCUT2D eigenvalue weighted by molar-refractivity contribution is 7.91. The van der Waals surface area contributed by atoms with E-state index < -0.39 is 21.5 Å². The number of hydrogen-bond acceptors (Lipinski definition) is 5. The van der Waals surface area contributed by atoms with Crippen LogP contribution in [-0.2, 0) is 14.6 Å². The molecule has 2 aliphatic rings. The SMILES string of the molecule is CC(C)(C)OC(=O)NCC(C)(NC1CCS(=O)(=O)CC1)C1CC1. The molecule has 7 heteroatoms. The first kappa shape index (κ1) is 18.5. The van der Waals surface area contributed by atoms with Crippen LogP contribution in [0.2, 0.25) is 0 Å². The van der Waals surface area contributed by atoms with Crippen LogP contribution in [0, 0.1) is 5.92 Å². The predicted octanol–water partition coefficient (Wildman–Crippen LogP) is 1.85. The normalized spacial score (nSPS) is 24.7. The molecule has 0 radical (unpaired) electrons. The number of carbonyl (C=O) groups excluding carboxylic acids is 1. The third-order valence-corrected chi connectivity index (χ3v) is 6.28. The number of rotatable bonds is 5. The molecule has 1 heterocycles. The molecule has 0 aromatic carbocycles. The molecule has 1 saturated carbocycles. The molecular weight excluding hydrogens is 316 g/mol. The van der Waals surface area contributed by atoms with Crippen molar-refractivity contribution in [3.8, 4) is 0 Å². The van der Waals surface area contributed by atoms with Gasteiger partial charge in [0.25, 0.3) is 0 Å². The topological polar surface area (TPSA) is 84.5 Å². The third-order valence-electron chi connectivity index (χ3n) is 4.57. The number of amides is 1. The summed E-state index contributed by atoms with van der Waals surface area (Å²) < 4.78 is 28.4. The van der Waals surface area contributed by atoms with Gasteiger partial charge in [-0.3, -0.25) is 0 Å². The maximum absolute atomic E-state index is 11.9. The lowest BCUT2D eigenvalue weighted by Gasteiger charge is -2.37. The standard InChI is InChI=1S/C16H30N2O4S/c1-15(2,3)22-14(19)17-11-16(4,12-5-6-12)18-13-7-9-23(20,21)10-8-13/h12-13,18H,5-11H2,1-4H3,(H,17,19). The van der Waals surface area contributed by atoms with Gasteiger partial charge in [0, 0.05) is 18.1 Å². The summed E-state index contributed by atoms with van der Waals surface area (Å²) in [7, 11) is -2.85. The molecule has 6 nitrogen and oxygen atoms in total. The van der Waals surface area contributed by atoms with E-state index in [1.54, 1.807) is 0 Å².